The van der Waals surface area contributed by atoms with Gasteiger partial charge < -0.3 is 20.7 Å². The monoisotopic (exact) mass is 472 g/mol. The maximum Gasteiger partial charge on any atom is 0.191 e. The summed E-state index contributed by atoms with van der Waals surface area (Å²) in [4.78, 5) is 7.90. The highest BCUT2D eigenvalue weighted by Gasteiger charge is 2.21. The van der Waals surface area contributed by atoms with Crippen LogP contribution in [0.25, 0.3) is 10.9 Å². The predicted octanol–water partition coefficient (Wildman–Crippen LogP) is 3.74. The van der Waals surface area contributed by atoms with E-state index in [0.29, 0.717) is 19.4 Å². The predicted molar refractivity (Wildman–Crippen MR) is 122 cm³/mol. The van der Waals surface area contributed by atoms with Gasteiger partial charge in [-0.15, -0.1) is 24.0 Å². The van der Waals surface area contributed by atoms with E-state index in [1.165, 1.54) is 22.0 Å². The van der Waals surface area contributed by atoms with E-state index in [-0.39, 0.29) is 24.0 Å². The third kappa shape index (κ3) is 6.16. The minimum Gasteiger partial charge on any atom is -0.388 e. The Balaban J connectivity index is 0.00000338. The van der Waals surface area contributed by atoms with Crippen LogP contribution in [0.15, 0.2) is 29.4 Å². The van der Waals surface area contributed by atoms with Crippen molar-refractivity contribution in [2.45, 2.75) is 52.6 Å². The molecule has 0 aliphatic carbocycles. The molecule has 0 bridgehead atoms. The molecule has 0 unspecified atom stereocenters. The molecule has 0 aliphatic rings. The number of halogens is 1. The van der Waals surface area contributed by atoms with Crippen molar-refractivity contribution in [1.29, 1.82) is 0 Å². The number of aromatic nitrogens is 1. The number of aliphatic hydroxyl groups is 1. The van der Waals surface area contributed by atoms with Gasteiger partial charge in [0.15, 0.2) is 5.96 Å². The van der Waals surface area contributed by atoms with Crippen LogP contribution in [-0.4, -0.2) is 41.3 Å². The second-order valence-electron chi connectivity index (χ2n) is 6.67. The second kappa shape index (κ2) is 10.8. The smallest absolute Gasteiger partial charge is 0.191 e. The number of rotatable bonds is 8. The number of guanidine groups is 1. The summed E-state index contributed by atoms with van der Waals surface area (Å²) in [6, 6.07) is 6.50. The third-order valence-electron chi connectivity index (χ3n) is 4.80. The van der Waals surface area contributed by atoms with Gasteiger partial charge in [0.2, 0.25) is 0 Å². The number of aromatic amines is 1. The van der Waals surface area contributed by atoms with Crippen LogP contribution in [0.4, 0.5) is 0 Å². The number of hydrogen-bond acceptors (Lipinski definition) is 2. The number of nitrogens with one attached hydrogen (secondary N) is 3. The lowest BCUT2D eigenvalue weighted by molar-refractivity contribution is 0.0418. The topological polar surface area (TPSA) is 72.4 Å². The molecule has 1 heterocycles. The van der Waals surface area contributed by atoms with E-state index in [1.807, 2.05) is 20.8 Å². The zero-order valence-corrected chi connectivity index (χ0v) is 18.7. The van der Waals surface area contributed by atoms with E-state index >= 15 is 0 Å². The molecule has 0 saturated heterocycles. The third-order valence-corrected chi connectivity index (χ3v) is 4.80. The summed E-state index contributed by atoms with van der Waals surface area (Å²) in [5, 5.41) is 18.3. The van der Waals surface area contributed by atoms with Crippen molar-refractivity contribution in [2.75, 3.05) is 19.6 Å². The summed E-state index contributed by atoms with van der Waals surface area (Å²) >= 11 is 0. The zero-order valence-electron chi connectivity index (χ0n) is 16.4. The molecule has 4 N–H and O–H groups in total. The number of aryl methyl sites for hydroxylation is 1. The van der Waals surface area contributed by atoms with E-state index in [9.17, 15) is 5.11 Å². The normalized spacial score (nSPS) is 12.1. The lowest BCUT2D eigenvalue weighted by Gasteiger charge is -2.23. The molecule has 146 valence electrons. The van der Waals surface area contributed by atoms with Gasteiger partial charge in [-0.2, -0.15) is 0 Å². The molecule has 2 rings (SSSR count). The summed E-state index contributed by atoms with van der Waals surface area (Å²) in [5.74, 6) is 0.763. The number of fused-ring (bicyclic) bond motifs is 1. The van der Waals surface area contributed by atoms with Crippen LogP contribution in [0.1, 0.15) is 44.7 Å². The first-order valence-electron chi connectivity index (χ1n) is 9.32. The van der Waals surface area contributed by atoms with Crippen molar-refractivity contribution in [1.82, 2.24) is 15.6 Å². The lowest BCUT2D eigenvalue weighted by atomic mass is 9.98. The van der Waals surface area contributed by atoms with Crippen LogP contribution >= 0.6 is 24.0 Å². The highest BCUT2D eigenvalue weighted by Crippen LogP contribution is 2.19. The molecule has 5 nitrogen and oxygen atoms in total. The fourth-order valence-corrected chi connectivity index (χ4v) is 2.86. The van der Waals surface area contributed by atoms with Crippen LogP contribution in [-0.2, 0) is 6.42 Å². The van der Waals surface area contributed by atoms with Crippen LogP contribution in [0, 0.1) is 6.92 Å². The largest absolute Gasteiger partial charge is 0.388 e. The molecule has 1 aromatic heterocycles. The van der Waals surface area contributed by atoms with E-state index in [4.69, 9.17) is 0 Å². The van der Waals surface area contributed by atoms with E-state index in [2.05, 4.69) is 51.9 Å². The highest BCUT2D eigenvalue weighted by atomic mass is 127. The number of H-pyrrole nitrogens is 1. The van der Waals surface area contributed by atoms with Crippen LogP contribution in [0.5, 0.6) is 0 Å². The average Bonchev–Trinajstić information content (AvgIpc) is 3.01. The summed E-state index contributed by atoms with van der Waals surface area (Å²) < 4.78 is 0. The standard InChI is InChI=1S/C20H32N4O.HI/c1-5-20(25,6-2)14-24-19(21-7-3)22-11-10-16-13-23-18-12-15(4)8-9-17(16)18;/h8-9,12-13,23,25H,5-7,10-11,14H2,1-4H3,(H2,21,22,24);1H. The highest BCUT2D eigenvalue weighted by molar-refractivity contribution is 14.0. The van der Waals surface area contributed by atoms with Crippen LogP contribution in [0.2, 0.25) is 0 Å². The van der Waals surface area contributed by atoms with E-state index in [1.54, 1.807) is 0 Å². The van der Waals surface area contributed by atoms with Gasteiger partial charge in [-0.3, -0.25) is 4.99 Å². The minimum absolute atomic E-state index is 0. The molecule has 0 aliphatic heterocycles. The Bertz CT molecular complexity index is 707. The van der Waals surface area contributed by atoms with Gasteiger partial charge in [0.05, 0.1) is 12.1 Å². The van der Waals surface area contributed by atoms with Crippen LogP contribution < -0.4 is 10.6 Å². The van der Waals surface area contributed by atoms with Crippen molar-refractivity contribution in [2.24, 2.45) is 4.99 Å². The molecular weight excluding hydrogens is 439 g/mol. The van der Waals surface area contributed by atoms with Crippen molar-refractivity contribution >= 4 is 40.8 Å². The quantitative estimate of drug-likeness (QED) is 0.269. The fraction of sp³-hybridized carbons (Fsp3) is 0.550. The first-order valence-corrected chi connectivity index (χ1v) is 9.32. The summed E-state index contributed by atoms with van der Waals surface area (Å²) in [6.07, 6.45) is 4.42. The Morgan fingerprint density at radius 1 is 1.19 bits per heavy atom. The molecule has 2 aromatic rings. The Morgan fingerprint density at radius 2 is 1.92 bits per heavy atom. The van der Waals surface area contributed by atoms with Gasteiger partial charge >= 0.3 is 0 Å². The van der Waals surface area contributed by atoms with Gasteiger partial charge in [-0.25, -0.2) is 0 Å². The molecule has 0 atom stereocenters. The molecule has 0 amide bonds. The molecule has 0 saturated carbocycles. The SMILES string of the molecule is CCNC(=NCC(O)(CC)CC)NCCc1c[nH]c2cc(C)ccc12.I. The molecule has 0 spiro atoms. The summed E-state index contributed by atoms with van der Waals surface area (Å²) in [7, 11) is 0. The van der Waals surface area contributed by atoms with E-state index in [0.717, 1.165) is 25.5 Å². The van der Waals surface area contributed by atoms with Gasteiger partial charge in [0.25, 0.3) is 0 Å². The molecule has 1 aromatic carbocycles. The van der Waals surface area contributed by atoms with Crippen LogP contribution in [0.3, 0.4) is 0 Å². The van der Waals surface area contributed by atoms with Crippen molar-refractivity contribution in [3.8, 4) is 0 Å². The summed E-state index contributed by atoms with van der Waals surface area (Å²) in [6.45, 7) is 10.2. The number of aliphatic imine (C=N–C) groups is 1. The molecule has 0 fully saturated rings. The number of benzene rings is 1. The molecular formula is C20H33IN4O. The Labute approximate surface area is 174 Å². The van der Waals surface area contributed by atoms with Gasteiger partial charge in [0, 0.05) is 30.2 Å². The van der Waals surface area contributed by atoms with Gasteiger partial charge in [-0.05, 0) is 50.3 Å². The fourth-order valence-electron chi connectivity index (χ4n) is 2.86. The lowest BCUT2D eigenvalue weighted by Crippen LogP contribution is -2.40. The zero-order chi connectivity index (χ0) is 18.3. The Hall–Kier alpha value is -1.28. The van der Waals surface area contributed by atoms with Gasteiger partial charge in [-0.1, -0.05) is 26.0 Å². The average molecular weight is 472 g/mol. The Kier molecular flexibility index (Phi) is 9.43. The first-order chi connectivity index (χ1) is 12.0. The maximum absolute atomic E-state index is 10.4. The molecule has 0 radical (unpaired) electrons. The Morgan fingerprint density at radius 3 is 2.58 bits per heavy atom. The maximum atomic E-state index is 10.4. The van der Waals surface area contributed by atoms with Crippen molar-refractivity contribution in [3.05, 3.63) is 35.5 Å². The number of nitrogens with zero attached hydrogens (tertiary/aromatic N) is 1. The van der Waals surface area contributed by atoms with Gasteiger partial charge in [0.1, 0.15) is 0 Å². The molecule has 26 heavy (non-hydrogen) atoms. The molecule has 6 heteroatoms. The first kappa shape index (κ1) is 22.8. The second-order valence-corrected chi connectivity index (χ2v) is 6.67. The summed E-state index contributed by atoms with van der Waals surface area (Å²) in [5.41, 5.74) is 3.04. The minimum atomic E-state index is -0.711. The number of hydrogen-bond donors (Lipinski definition) is 4. The van der Waals surface area contributed by atoms with Crippen molar-refractivity contribution in [3.63, 3.8) is 0 Å². The van der Waals surface area contributed by atoms with E-state index < -0.39 is 5.60 Å². The van der Waals surface area contributed by atoms with Crippen molar-refractivity contribution < 1.29 is 5.11 Å².